The summed E-state index contributed by atoms with van der Waals surface area (Å²) in [6, 6.07) is 6.55. The first kappa shape index (κ1) is 22.5. The Bertz CT molecular complexity index is 487. The van der Waals surface area contributed by atoms with E-state index in [1.807, 2.05) is 0 Å². The summed E-state index contributed by atoms with van der Waals surface area (Å²) in [5, 5.41) is 9.13. The summed E-state index contributed by atoms with van der Waals surface area (Å²) in [6.45, 7) is 4.99. The largest absolute Gasteiger partial charge is 0.478 e. The van der Waals surface area contributed by atoms with Gasteiger partial charge < -0.3 is 9.99 Å². The average molecular weight is 365 g/mol. The summed E-state index contributed by atoms with van der Waals surface area (Å²) in [5.41, 5.74) is 0.126. The zero-order chi connectivity index (χ0) is 19.0. The minimum Gasteiger partial charge on any atom is -0.478 e. The van der Waals surface area contributed by atoms with Gasteiger partial charge in [0.1, 0.15) is 5.56 Å². The van der Waals surface area contributed by atoms with Crippen molar-refractivity contribution in [3.8, 4) is 5.75 Å². The zero-order valence-corrected chi connectivity index (χ0v) is 16.5. The van der Waals surface area contributed by atoms with Crippen LogP contribution >= 0.6 is 0 Å². The van der Waals surface area contributed by atoms with Gasteiger partial charge in [-0.05, 0) is 30.9 Å². The van der Waals surface area contributed by atoms with E-state index in [1.165, 1.54) is 63.9 Å². The molecular formula is C22H36O4. The van der Waals surface area contributed by atoms with E-state index in [0.717, 1.165) is 18.8 Å². The fourth-order valence-corrected chi connectivity index (χ4v) is 3.23. The molecule has 0 heterocycles. The van der Waals surface area contributed by atoms with Crippen LogP contribution in [0.25, 0.3) is 0 Å². The first-order valence-corrected chi connectivity index (χ1v) is 10.3. The molecule has 1 aromatic carbocycles. The highest BCUT2D eigenvalue weighted by atomic mass is 17.2. The number of unbranched alkanes of at least 4 members (excludes halogenated alkanes) is 5. The van der Waals surface area contributed by atoms with Gasteiger partial charge in [-0.15, -0.1) is 0 Å². The lowest BCUT2D eigenvalue weighted by atomic mass is 9.91. The Labute approximate surface area is 158 Å². The van der Waals surface area contributed by atoms with Gasteiger partial charge in [0.05, 0.1) is 6.61 Å². The molecule has 26 heavy (non-hydrogen) atoms. The average Bonchev–Trinajstić information content (AvgIpc) is 2.64. The number of carboxylic acid groups (broad SMARTS) is 1. The number of benzene rings is 1. The van der Waals surface area contributed by atoms with Crippen LogP contribution in [-0.4, -0.2) is 17.7 Å². The highest BCUT2D eigenvalue weighted by Gasteiger charge is 2.12. The van der Waals surface area contributed by atoms with Crippen LogP contribution in [-0.2, 0) is 4.89 Å². The van der Waals surface area contributed by atoms with E-state index in [-0.39, 0.29) is 11.3 Å². The van der Waals surface area contributed by atoms with Gasteiger partial charge in [-0.2, -0.15) is 4.89 Å². The van der Waals surface area contributed by atoms with E-state index in [0.29, 0.717) is 6.61 Å². The number of hydrogen-bond donors (Lipinski definition) is 1. The van der Waals surface area contributed by atoms with Crippen molar-refractivity contribution >= 4 is 5.97 Å². The van der Waals surface area contributed by atoms with Gasteiger partial charge in [-0.3, -0.25) is 0 Å². The van der Waals surface area contributed by atoms with Gasteiger partial charge >= 0.3 is 5.97 Å². The van der Waals surface area contributed by atoms with Gasteiger partial charge in [0.25, 0.3) is 0 Å². The molecule has 0 amide bonds. The third-order valence-corrected chi connectivity index (χ3v) is 4.79. The smallest absolute Gasteiger partial charge is 0.339 e. The van der Waals surface area contributed by atoms with E-state index in [2.05, 4.69) is 13.8 Å². The summed E-state index contributed by atoms with van der Waals surface area (Å²) in [5.74, 6) is 0.0274. The summed E-state index contributed by atoms with van der Waals surface area (Å²) < 4.78 is 0. The van der Waals surface area contributed by atoms with E-state index >= 15 is 0 Å². The van der Waals surface area contributed by atoms with Crippen LogP contribution in [0.1, 0.15) is 94.8 Å². The molecule has 1 aromatic rings. The van der Waals surface area contributed by atoms with Crippen molar-refractivity contribution in [3.63, 3.8) is 0 Å². The van der Waals surface area contributed by atoms with Crippen LogP contribution in [0.2, 0.25) is 0 Å². The Kier molecular flexibility index (Phi) is 12.6. The molecule has 0 aliphatic carbocycles. The molecule has 0 aliphatic heterocycles. The highest BCUT2D eigenvalue weighted by molar-refractivity contribution is 5.90. The molecule has 0 spiro atoms. The lowest BCUT2D eigenvalue weighted by molar-refractivity contribution is -0.208. The highest BCUT2D eigenvalue weighted by Crippen LogP contribution is 2.23. The Hall–Kier alpha value is -1.55. The number of hydrogen-bond acceptors (Lipinski definition) is 3. The molecule has 0 saturated heterocycles. The predicted octanol–water partition coefficient (Wildman–Crippen LogP) is 6.64. The van der Waals surface area contributed by atoms with Crippen LogP contribution in [0.5, 0.6) is 5.75 Å². The molecule has 0 fully saturated rings. The molecule has 1 N–H and O–H groups in total. The van der Waals surface area contributed by atoms with E-state index < -0.39 is 5.97 Å². The summed E-state index contributed by atoms with van der Waals surface area (Å²) in [4.78, 5) is 21.6. The molecule has 1 atom stereocenters. The molecule has 0 aromatic heterocycles. The second kappa shape index (κ2) is 14.6. The Balaban J connectivity index is 2.28. The normalized spacial score (nSPS) is 12.1. The number of para-hydroxylation sites is 1. The molecule has 0 saturated carbocycles. The van der Waals surface area contributed by atoms with Crippen LogP contribution in [0.3, 0.4) is 0 Å². The quantitative estimate of drug-likeness (QED) is 0.203. The maximum Gasteiger partial charge on any atom is 0.339 e. The maximum atomic E-state index is 11.1. The van der Waals surface area contributed by atoms with E-state index in [9.17, 15) is 4.79 Å². The summed E-state index contributed by atoms with van der Waals surface area (Å²) in [6.07, 6.45) is 13.9. The van der Waals surface area contributed by atoms with Crippen LogP contribution in [0.15, 0.2) is 24.3 Å². The second-order valence-corrected chi connectivity index (χ2v) is 7.06. The molecule has 1 unspecified atom stereocenters. The second-order valence-electron chi connectivity index (χ2n) is 7.06. The van der Waals surface area contributed by atoms with E-state index in [4.69, 9.17) is 14.9 Å². The fraction of sp³-hybridized carbons (Fsp3) is 0.682. The fourth-order valence-electron chi connectivity index (χ4n) is 3.23. The first-order chi connectivity index (χ1) is 12.7. The van der Waals surface area contributed by atoms with Crippen LogP contribution in [0.4, 0.5) is 0 Å². The standard InChI is InChI=1S/C22H36O4/c1-3-5-7-9-14-19(13-8-6-4-2)15-12-18-25-26-21-17-11-10-16-20(21)22(23)24/h10-11,16-17,19H,3-9,12-15,18H2,1-2H3,(H,23,24). The predicted molar refractivity (Wildman–Crippen MR) is 106 cm³/mol. The van der Waals surface area contributed by atoms with Gasteiger partial charge in [-0.25, -0.2) is 4.79 Å². The lowest BCUT2D eigenvalue weighted by Gasteiger charge is -2.16. The first-order valence-electron chi connectivity index (χ1n) is 10.3. The molecule has 0 radical (unpaired) electrons. The van der Waals surface area contributed by atoms with Gasteiger partial charge in [0, 0.05) is 0 Å². The minimum absolute atomic E-state index is 0.126. The lowest BCUT2D eigenvalue weighted by Crippen LogP contribution is -2.07. The topological polar surface area (TPSA) is 55.8 Å². The van der Waals surface area contributed by atoms with Crippen molar-refractivity contribution in [2.75, 3.05) is 6.61 Å². The molecule has 0 aliphatic rings. The molecule has 4 heteroatoms. The summed E-state index contributed by atoms with van der Waals surface area (Å²) >= 11 is 0. The monoisotopic (exact) mass is 364 g/mol. The minimum atomic E-state index is -1.01. The SMILES string of the molecule is CCCCCCC(CCCCC)CCCOOc1ccccc1C(=O)O. The molecule has 4 nitrogen and oxygen atoms in total. The third kappa shape index (κ3) is 9.81. The number of carbonyl (C=O) groups is 1. The molecule has 0 bridgehead atoms. The number of aromatic carboxylic acids is 1. The third-order valence-electron chi connectivity index (χ3n) is 4.79. The van der Waals surface area contributed by atoms with Crippen molar-refractivity contribution in [1.29, 1.82) is 0 Å². The Morgan fingerprint density at radius 2 is 1.54 bits per heavy atom. The molecular weight excluding hydrogens is 328 g/mol. The van der Waals surface area contributed by atoms with Gasteiger partial charge in [0.2, 0.25) is 0 Å². The summed E-state index contributed by atoms with van der Waals surface area (Å²) in [7, 11) is 0. The number of carboxylic acids is 1. The zero-order valence-electron chi connectivity index (χ0n) is 16.5. The Morgan fingerprint density at radius 1 is 0.923 bits per heavy atom. The van der Waals surface area contributed by atoms with Gasteiger partial charge in [-0.1, -0.05) is 83.8 Å². The van der Waals surface area contributed by atoms with Crippen molar-refractivity contribution < 1.29 is 19.7 Å². The van der Waals surface area contributed by atoms with Crippen LogP contribution < -0.4 is 4.89 Å². The van der Waals surface area contributed by atoms with E-state index in [1.54, 1.807) is 18.2 Å². The van der Waals surface area contributed by atoms with Crippen molar-refractivity contribution in [3.05, 3.63) is 29.8 Å². The molecule has 1 rings (SSSR count). The van der Waals surface area contributed by atoms with Crippen LogP contribution in [0, 0.1) is 5.92 Å². The van der Waals surface area contributed by atoms with Gasteiger partial charge in [0.15, 0.2) is 5.75 Å². The molecule has 148 valence electrons. The van der Waals surface area contributed by atoms with Crippen molar-refractivity contribution in [2.45, 2.75) is 84.5 Å². The van der Waals surface area contributed by atoms with Crippen molar-refractivity contribution in [2.24, 2.45) is 5.92 Å². The number of rotatable bonds is 16. The van der Waals surface area contributed by atoms with Crippen molar-refractivity contribution in [1.82, 2.24) is 0 Å². The maximum absolute atomic E-state index is 11.1. The Morgan fingerprint density at radius 3 is 2.23 bits per heavy atom.